The van der Waals surface area contributed by atoms with Gasteiger partial charge >= 0.3 is 0 Å². The molecule has 0 bridgehead atoms. The largest absolute Gasteiger partial charge is 0.320 e. The second kappa shape index (κ2) is 6.32. The molecule has 116 valence electrons. The molecule has 22 heavy (non-hydrogen) atoms. The third kappa shape index (κ3) is 2.76. The number of para-hydroxylation sites is 1. The molecule has 3 rings (SSSR count). The van der Waals surface area contributed by atoms with E-state index in [1.54, 1.807) is 4.68 Å². The summed E-state index contributed by atoms with van der Waals surface area (Å²) in [7, 11) is 1.85. The van der Waals surface area contributed by atoms with Crippen LogP contribution in [0.5, 0.6) is 0 Å². The fraction of sp³-hybridized carbons (Fsp3) is 0.412. The standard InChI is InChI=1S/C17H22N4O/c1-3-18-11-12-7-4-5-9-14(12)19-17(22)16-13-8-6-10-15(13)20-21(16)2/h4-5,7,9,18H,3,6,8,10-11H2,1-2H3,(H,19,22). The topological polar surface area (TPSA) is 58.9 Å². The lowest BCUT2D eigenvalue weighted by Gasteiger charge is -2.12. The number of fused-ring (bicyclic) bond motifs is 1. The van der Waals surface area contributed by atoms with Gasteiger partial charge in [-0.1, -0.05) is 25.1 Å². The molecule has 5 nitrogen and oxygen atoms in total. The van der Waals surface area contributed by atoms with Crippen LogP contribution in [0, 0.1) is 0 Å². The van der Waals surface area contributed by atoms with Gasteiger partial charge in [-0.2, -0.15) is 5.10 Å². The first-order chi connectivity index (χ1) is 10.7. The number of nitrogens with one attached hydrogen (secondary N) is 2. The number of aromatic nitrogens is 2. The molecule has 2 aromatic rings. The number of amides is 1. The van der Waals surface area contributed by atoms with Crippen LogP contribution in [0.25, 0.3) is 0 Å². The van der Waals surface area contributed by atoms with E-state index < -0.39 is 0 Å². The van der Waals surface area contributed by atoms with Crippen LogP contribution < -0.4 is 10.6 Å². The Morgan fingerprint density at radius 2 is 2.14 bits per heavy atom. The predicted molar refractivity (Wildman–Crippen MR) is 87.0 cm³/mol. The first-order valence-electron chi connectivity index (χ1n) is 7.85. The number of nitrogens with zero attached hydrogens (tertiary/aromatic N) is 2. The molecule has 0 aliphatic heterocycles. The molecule has 1 heterocycles. The monoisotopic (exact) mass is 298 g/mol. The summed E-state index contributed by atoms with van der Waals surface area (Å²) in [4.78, 5) is 12.7. The maximum Gasteiger partial charge on any atom is 0.274 e. The Morgan fingerprint density at radius 3 is 2.95 bits per heavy atom. The van der Waals surface area contributed by atoms with Crippen LogP contribution in [0.3, 0.4) is 0 Å². The lowest BCUT2D eigenvalue weighted by Crippen LogP contribution is -2.20. The van der Waals surface area contributed by atoms with Gasteiger partial charge in [-0.05, 0) is 37.4 Å². The molecule has 0 spiro atoms. The zero-order chi connectivity index (χ0) is 15.5. The van der Waals surface area contributed by atoms with Crippen molar-refractivity contribution in [2.24, 2.45) is 7.05 Å². The van der Waals surface area contributed by atoms with E-state index in [9.17, 15) is 4.79 Å². The fourth-order valence-corrected chi connectivity index (χ4v) is 3.04. The zero-order valence-electron chi connectivity index (χ0n) is 13.1. The summed E-state index contributed by atoms with van der Waals surface area (Å²) in [6, 6.07) is 7.91. The highest BCUT2D eigenvalue weighted by Gasteiger charge is 2.25. The Bertz CT molecular complexity index is 690. The van der Waals surface area contributed by atoms with Crippen LogP contribution in [0.4, 0.5) is 5.69 Å². The summed E-state index contributed by atoms with van der Waals surface area (Å²) in [6.07, 6.45) is 3.02. The molecular formula is C17H22N4O. The summed E-state index contributed by atoms with van der Waals surface area (Å²) in [5.74, 6) is -0.0675. The van der Waals surface area contributed by atoms with Gasteiger partial charge in [0.2, 0.25) is 0 Å². The number of rotatable bonds is 5. The third-order valence-electron chi connectivity index (χ3n) is 4.11. The van der Waals surface area contributed by atoms with E-state index in [1.807, 2.05) is 31.3 Å². The van der Waals surface area contributed by atoms with Crippen molar-refractivity contribution >= 4 is 11.6 Å². The summed E-state index contributed by atoms with van der Waals surface area (Å²) < 4.78 is 1.71. The number of carbonyl (C=O) groups excluding carboxylic acids is 1. The Hall–Kier alpha value is -2.14. The number of hydrogen-bond donors (Lipinski definition) is 2. The molecule has 1 aliphatic carbocycles. The first kappa shape index (κ1) is 14.8. The van der Waals surface area contributed by atoms with E-state index in [1.165, 1.54) is 0 Å². The maximum absolute atomic E-state index is 12.7. The van der Waals surface area contributed by atoms with Crippen molar-refractivity contribution in [3.05, 3.63) is 46.8 Å². The van der Waals surface area contributed by atoms with Gasteiger partial charge in [0, 0.05) is 24.8 Å². The van der Waals surface area contributed by atoms with Crippen molar-refractivity contribution in [1.29, 1.82) is 0 Å². The van der Waals surface area contributed by atoms with Gasteiger partial charge in [-0.3, -0.25) is 9.48 Å². The van der Waals surface area contributed by atoms with E-state index >= 15 is 0 Å². The number of carbonyl (C=O) groups is 1. The average molecular weight is 298 g/mol. The van der Waals surface area contributed by atoms with Crippen molar-refractivity contribution < 1.29 is 4.79 Å². The molecule has 0 unspecified atom stereocenters. The molecule has 0 atom stereocenters. The minimum absolute atomic E-state index is 0.0675. The van der Waals surface area contributed by atoms with Gasteiger partial charge in [0.15, 0.2) is 0 Å². The Labute approximate surface area is 130 Å². The van der Waals surface area contributed by atoms with Crippen LogP contribution in [-0.4, -0.2) is 22.2 Å². The molecule has 1 aliphatic rings. The third-order valence-corrected chi connectivity index (χ3v) is 4.11. The summed E-state index contributed by atoms with van der Waals surface area (Å²) >= 11 is 0. The minimum Gasteiger partial charge on any atom is -0.320 e. The second-order valence-corrected chi connectivity index (χ2v) is 5.64. The van der Waals surface area contributed by atoms with Gasteiger partial charge < -0.3 is 10.6 Å². The van der Waals surface area contributed by atoms with E-state index in [2.05, 4.69) is 22.7 Å². The average Bonchev–Trinajstić information content (AvgIpc) is 3.05. The molecule has 0 saturated carbocycles. The van der Waals surface area contributed by atoms with Crippen LogP contribution in [0.15, 0.2) is 24.3 Å². The number of aryl methyl sites for hydroxylation is 2. The van der Waals surface area contributed by atoms with Gasteiger partial charge in [0.05, 0.1) is 5.69 Å². The predicted octanol–water partition coefficient (Wildman–Crippen LogP) is 2.27. The van der Waals surface area contributed by atoms with E-state index in [-0.39, 0.29) is 5.91 Å². The van der Waals surface area contributed by atoms with E-state index in [4.69, 9.17) is 0 Å². The van der Waals surface area contributed by atoms with Crippen molar-refractivity contribution in [2.45, 2.75) is 32.7 Å². The number of hydrogen-bond acceptors (Lipinski definition) is 3. The maximum atomic E-state index is 12.7. The van der Waals surface area contributed by atoms with Gasteiger partial charge in [0.25, 0.3) is 5.91 Å². The SMILES string of the molecule is CCNCc1ccccc1NC(=O)c1c2c(nn1C)CCC2. The molecule has 1 amide bonds. The molecule has 2 N–H and O–H groups in total. The van der Waals surface area contributed by atoms with Crippen molar-refractivity contribution in [2.75, 3.05) is 11.9 Å². The number of anilines is 1. The zero-order valence-corrected chi connectivity index (χ0v) is 13.1. The Balaban J connectivity index is 1.83. The summed E-state index contributed by atoms with van der Waals surface area (Å²) in [6.45, 7) is 3.72. The van der Waals surface area contributed by atoms with Gasteiger partial charge in [0.1, 0.15) is 5.69 Å². The lowest BCUT2D eigenvalue weighted by molar-refractivity contribution is 0.101. The lowest BCUT2D eigenvalue weighted by atomic mass is 10.1. The molecule has 0 saturated heterocycles. The van der Waals surface area contributed by atoms with Crippen LogP contribution in [-0.2, 0) is 26.4 Å². The van der Waals surface area contributed by atoms with Crippen LogP contribution in [0.2, 0.25) is 0 Å². The fourth-order valence-electron chi connectivity index (χ4n) is 3.04. The van der Waals surface area contributed by atoms with E-state index in [0.717, 1.165) is 54.9 Å². The highest BCUT2D eigenvalue weighted by Crippen LogP contribution is 2.25. The molecule has 1 aromatic carbocycles. The van der Waals surface area contributed by atoms with Crippen molar-refractivity contribution in [3.8, 4) is 0 Å². The molecule has 1 aromatic heterocycles. The minimum atomic E-state index is -0.0675. The quantitative estimate of drug-likeness (QED) is 0.890. The van der Waals surface area contributed by atoms with Crippen LogP contribution in [0.1, 0.15) is 40.7 Å². The van der Waals surface area contributed by atoms with Crippen molar-refractivity contribution in [1.82, 2.24) is 15.1 Å². The molecular weight excluding hydrogens is 276 g/mol. The summed E-state index contributed by atoms with van der Waals surface area (Å²) in [5.41, 5.74) is 4.85. The highest BCUT2D eigenvalue weighted by atomic mass is 16.2. The highest BCUT2D eigenvalue weighted by molar-refractivity contribution is 6.04. The first-order valence-corrected chi connectivity index (χ1v) is 7.85. The Morgan fingerprint density at radius 1 is 1.32 bits per heavy atom. The molecule has 5 heteroatoms. The second-order valence-electron chi connectivity index (χ2n) is 5.64. The van der Waals surface area contributed by atoms with Gasteiger partial charge in [-0.25, -0.2) is 0 Å². The van der Waals surface area contributed by atoms with Gasteiger partial charge in [-0.15, -0.1) is 0 Å². The molecule has 0 fully saturated rings. The van der Waals surface area contributed by atoms with E-state index in [0.29, 0.717) is 5.69 Å². The normalized spacial score (nSPS) is 13.2. The van der Waals surface area contributed by atoms with Crippen molar-refractivity contribution in [3.63, 3.8) is 0 Å². The Kier molecular flexibility index (Phi) is 4.24. The smallest absolute Gasteiger partial charge is 0.274 e. The van der Waals surface area contributed by atoms with Crippen LogP contribution >= 0.6 is 0 Å². The number of benzene rings is 1. The summed E-state index contributed by atoms with van der Waals surface area (Å²) in [5, 5.41) is 10.8. The molecule has 0 radical (unpaired) electrons.